The van der Waals surface area contributed by atoms with Crippen LogP contribution in [0.25, 0.3) is 105 Å². The third-order valence-corrected chi connectivity index (χ3v) is 10.4. The number of hydrogen-bond acceptors (Lipinski definition) is 4. The molecule has 0 saturated heterocycles. The molecule has 0 amide bonds. The van der Waals surface area contributed by atoms with Crippen molar-refractivity contribution in [3.63, 3.8) is 0 Å². The quantitative estimate of drug-likeness (QED) is 0.180. The Bertz CT molecular complexity index is 3230. The first-order valence-electron chi connectivity index (χ1n) is 18.1. The molecule has 0 spiro atoms. The molecule has 0 atom stereocenters. The number of hydrogen-bond donors (Lipinski definition) is 0. The molecule has 0 radical (unpaired) electrons. The van der Waals surface area contributed by atoms with Crippen molar-refractivity contribution in [1.29, 1.82) is 0 Å². The lowest BCUT2D eigenvalue weighted by atomic mass is 9.97. The predicted octanol–water partition coefficient (Wildman–Crippen LogP) is 12.7. The second-order valence-corrected chi connectivity index (χ2v) is 13.6. The SMILES string of the molecule is c1ccc(-c2nc(-c3cccc(-n4c5ccccc5c5ccc(-c6cccc7ccccc67)cc54)c3)nc(-c3cccc4c3oc3ccccc34)n2)cc1. The molecule has 11 rings (SSSR count). The normalized spacial score (nSPS) is 11.7. The van der Waals surface area contributed by atoms with Gasteiger partial charge in [-0.1, -0.05) is 146 Å². The zero-order chi connectivity index (χ0) is 35.6. The summed E-state index contributed by atoms with van der Waals surface area (Å²) in [4.78, 5) is 15.3. The highest BCUT2D eigenvalue weighted by Crippen LogP contribution is 2.39. The van der Waals surface area contributed by atoms with Crippen molar-refractivity contribution in [2.45, 2.75) is 0 Å². The van der Waals surface area contributed by atoms with Gasteiger partial charge in [0.05, 0.1) is 16.6 Å². The van der Waals surface area contributed by atoms with Gasteiger partial charge >= 0.3 is 0 Å². The zero-order valence-electron chi connectivity index (χ0n) is 29.0. The van der Waals surface area contributed by atoms with E-state index in [0.29, 0.717) is 17.5 Å². The lowest BCUT2D eigenvalue weighted by molar-refractivity contribution is 0.669. The maximum absolute atomic E-state index is 6.44. The van der Waals surface area contributed by atoms with E-state index in [1.165, 1.54) is 32.7 Å². The highest BCUT2D eigenvalue weighted by molar-refractivity contribution is 6.11. The molecule has 54 heavy (non-hydrogen) atoms. The van der Waals surface area contributed by atoms with Gasteiger partial charge < -0.3 is 8.98 Å². The van der Waals surface area contributed by atoms with Gasteiger partial charge in [-0.25, -0.2) is 15.0 Å². The average molecular weight is 691 g/mol. The van der Waals surface area contributed by atoms with Gasteiger partial charge in [0.1, 0.15) is 11.2 Å². The number of benzene rings is 8. The van der Waals surface area contributed by atoms with Crippen molar-refractivity contribution in [3.8, 4) is 51.0 Å². The lowest BCUT2D eigenvalue weighted by Gasteiger charge is -2.12. The number of rotatable bonds is 5. The van der Waals surface area contributed by atoms with E-state index in [0.717, 1.165) is 55.3 Å². The Labute approximate surface area is 310 Å². The van der Waals surface area contributed by atoms with Gasteiger partial charge in [-0.15, -0.1) is 0 Å². The van der Waals surface area contributed by atoms with Crippen molar-refractivity contribution >= 4 is 54.5 Å². The van der Waals surface area contributed by atoms with Crippen molar-refractivity contribution in [3.05, 3.63) is 182 Å². The molecule has 252 valence electrons. The third kappa shape index (κ3) is 4.83. The maximum Gasteiger partial charge on any atom is 0.167 e. The van der Waals surface area contributed by atoms with E-state index in [2.05, 4.69) is 126 Å². The summed E-state index contributed by atoms with van der Waals surface area (Å²) in [5, 5.41) is 6.97. The number of nitrogens with zero attached hydrogens (tertiary/aromatic N) is 4. The van der Waals surface area contributed by atoms with Crippen LogP contribution in [0, 0.1) is 0 Å². The highest BCUT2D eigenvalue weighted by Gasteiger charge is 2.19. The summed E-state index contributed by atoms with van der Waals surface area (Å²) in [7, 11) is 0. The van der Waals surface area contributed by atoms with Crippen molar-refractivity contribution in [1.82, 2.24) is 19.5 Å². The fourth-order valence-electron chi connectivity index (χ4n) is 7.94. The first-order valence-corrected chi connectivity index (χ1v) is 18.1. The van der Waals surface area contributed by atoms with Crippen LogP contribution in [-0.4, -0.2) is 19.5 Å². The zero-order valence-corrected chi connectivity index (χ0v) is 29.0. The minimum atomic E-state index is 0.561. The van der Waals surface area contributed by atoms with Gasteiger partial charge in [0.25, 0.3) is 0 Å². The van der Waals surface area contributed by atoms with Crippen molar-refractivity contribution < 1.29 is 4.42 Å². The molecule has 3 aromatic heterocycles. The number of furan rings is 1. The molecule has 0 aliphatic carbocycles. The molecule has 3 heterocycles. The Hall–Kier alpha value is -7.37. The third-order valence-electron chi connectivity index (χ3n) is 10.4. The lowest BCUT2D eigenvalue weighted by Crippen LogP contribution is -2.01. The van der Waals surface area contributed by atoms with E-state index in [9.17, 15) is 0 Å². The van der Waals surface area contributed by atoms with Crippen LogP contribution < -0.4 is 0 Å². The van der Waals surface area contributed by atoms with Crippen LogP contribution in [-0.2, 0) is 0 Å². The standard InChI is InChI=1S/C49H30N4O/c1-2-14-32(15-3-1)47-50-48(52-49(51-47)42-24-12-23-41-40-21-7-9-26-45(40)54-46(41)42)34-17-10-18-35(29-34)53-43-25-8-6-20-38(43)39-28-27-33(30-44(39)53)37-22-11-16-31-13-4-5-19-36(31)37/h1-30H. The van der Waals surface area contributed by atoms with E-state index in [1.807, 2.05) is 60.7 Å². The molecule has 11 aromatic rings. The summed E-state index contributed by atoms with van der Waals surface area (Å²) in [6.07, 6.45) is 0. The second kappa shape index (κ2) is 12.1. The largest absolute Gasteiger partial charge is 0.455 e. The topological polar surface area (TPSA) is 56.7 Å². The summed E-state index contributed by atoms with van der Waals surface area (Å²) in [6.45, 7) is 0. The second-order valence-electron chi connectivity index (χ2n) is 13.6. The van der Waals surface area contributed by atoms with Gasteiger partial charge in [0.15, 0.2) is 17.5 Å². The summed E-state index contributed by atoms with van der Waals surface area (Å²) in [5.41, 5.74) is 9.91. The van der Waals surface area contributed by atoms with Crippen LogP contribution in [0.5, 0.6) is 0 Å². The van der Waals surface area contributed by atoms with E-state index >= 15 is 0 Å². The van der Waals surface area contributed by atoms with Crippen LogP contribution in [0.2, 0.25) is 0 Å². The molecule has 0 saturated carbocycles. The smallest absolute Gasteiger partial charge is 0.167 e. The maximum atomic E-state index is 6.44. The monoisotopic (exact) mass is 690 g/mol. The Balaban J connectivity index is 1.11. The predicted molar refractivity (Wildman–Crippen MR) is 221 cm³/mol. The van der Waals surface area contributed by atoms with Gasteiger partial charge in [-0.05, 0) is 58.3 Å². The summed E-state index contributed by atoms with van der Waals surface area (Å²) in [5.74, 6) is 1.75. The van der Waals surface area contributed by atoms with Crippen LogP contribution in [0.1, 0.15) is 0 Å². The Kier molecular flexibility index (Phi) is 6.79. The fraction of sp³-hybridized carbons (Fsp3) is 0. The molecule has 5 nitrogen and oxygen atoms in total. The van der Waals surface area contributed by atoms with Crippen LogP contribution >= 0.6 is 0 Å². The van der Waals surface area contributed by atoms with Crippen molar-refractivity contribution in [2.24, 2.45) is 0 Å². The molecule has 8 aromatic carbocycles. The number of aromatic nitrogens is 4. The van der Waals surface area contributed by atoms with Crippen LogP contribution in [0.3, 0.4) is 0 Å². The van der Waals surface area contributed by atoms with Gasteiger partial charge in [-0.2, -0.15) is 0 Å². The Morgan fingerprint density at radius 1 is 0.370 bits per heavy atom. The highest BCUT2D eigenvalue weighted by atomic mass is 16.3. The molecular formula is C49H30N4O. The van der Waals surface area contributed by atoms with E-state index in [1.54, 1.807) is 0 Å². The molecule has 0 fully saturated rings. The van der Waals surface area contributed by atoms with Crippen LogP contribution in [0.4, 0.5) is 0 Å². The molecule has 0 unspecified atom stereocenters. The minimum absolute atomic E-state index is 0.561. The molecule has 0 bridgehead atoms. The summed E-state index contributed by atoms with van der Waals surface area (Å²) in [6, 6.07) is 63.4. The van der Waals surface area contributed by atoms with Gasteiger partial charge in [-0.3, -0.25) is 0 Å². The Morgan fingerprint density at radius 3 is 1.91 bits per heavy atom. The molecule has 5 heteroatoms. The average Bonchev–Trinajstić information content (AvgIpc) is 3.79. The minimum Gasteiger partial charge on any atom is -0.455 e. The number of fused-ring (bicyclic) bond motifs is 7. The number of para-hydroxylation sites is 3. The first kappa shape index (κ1) is 30.3. The van der Waals surface area contributed by atoms with Crippen molar-refractivity contribution in [2.75, 3.05) is 0 Å². The van der Waals surface area contributed by atoms with E-state index < -0.39 is 0 Å². The van der Waals surface area contributed by atoms with Gasteiger partial charge in [0.2, 0.25) is 0 Å². The van der Waals surface area contributed by atoms with Gasteiger partial charge in [0, 0.05) is 38.4 Å². The summed E-state index contributed by atoms with van der Waals surface area (Å²) < 4.78 is 8.80. The van der Waals surface area contributed by atoms with E-state index in [4.69, 9.17) is 19.4 Å². The molecule has 0 aliphatic rings. The first-order chi connectivity index (χ1) is 26.8. The van der Waals surface area contributed by atoms with E-state index in [-0.39, 0.29) is 0 Å². The molecule has 0 aliphatic heterocycles. The molecular weight excluding hydrogens is 661 g/mol. The Morgan fingerprint density at radius 2 is 1.00 bits per heavy atom. The summed E-state index contributed by atoms with van der Waals surface area (Å²) >= 11 is 0. The fourth-order valence-corrected chi connectivity index (χ4v) is 7.94. The van der Waals surface area contributed by atoms with Crippen LogP contribution in [0.15, 0.2) is 186 Å². The molecule has 0 N–H and O–H groups in total.